The van der Waals surface area contributed by atoms with Gasteiger partial charge < -0.3 is 4.90 Å². The van der Waals surface area contributed by atoms with Gasteiger partial charge in [0.25, 0.3) is 5.91 Å². The number of nitrogens with zero attached hydrogens (tertiary/aromatic N) is 3. The monoisotopic (exact) mass is 309 g/mol. The predicted molar refractivity (Wildman–Crippen MR) is 89.9 cm³/mol. The fraction of sp³-hybridized carbons (Fsp3) is 0.474. The number of rotatable bonds is 2. The molecule has 4 nitrogen and oxygen atoms in total. The van der Waals surface area contributed by atoms with Crippen LogP contribution in [0, 0.1) is 5.92 Å². The first-order chi connectivity index (χ1) is 11.2. The lowest BCUT2D eigenvalue weighted by Gasteiger charge is -2.29. The van der Waals surface area contributed by atoms with Gasteiger partial charge in [0.2, 0.25) is 0 Å². The number of hydrogen-bond donors (Lipinski definition) is 0. The predicted octanol–water partition coefficient (Wildman–Crippen LogP) is 3.23. The van der Waals surface area contributed by atoms with E-state index in [1.54, 1.807) is 0 Å². The molecule has 1 aliphatic carbocycles. The Hall–Kier alpha value is -2.10. The Labute approximate surface area is 137 Å². The summed E-state index contributed by atoms with van der Waals surface area (Å²) in [7, 11) is 0. The van der Waals surface area contributed by atoms with Gasteiger partial charge in [-0.05, 0) is 50.2 Å². The minimum Gasteiger partial charge on any atom is -0.337 e. The van der Waals surface area contributed by atoms with E-state index in [1.807, 2.05) is 27.8 Å². The molecule has 1 amide bonds. The van der Waals surface area contributed by atoms with Crippen LogP contribution in [0.15, 0.2) is 30.3 Å². The zero-order valence-electron chi connectivity index (χ0n) is 13.7. The molecule has 23 heavy (non-hydrogen) atoms. The second kappa shape index (κ2) is 5.84. The molecule has 0 unspecified atom stereocenters. The third kappa shape index (κ3) is 2.56. The van der Waals surface area contributed by atoms with Crippen molar-refractivity contribution in [3.63, 3.8) is 0 Å². The van der Waals surface area contributed by atoms with Gasteiger partial charge in [-0.3, -0.25) is 4.79 Å². The zero-order chi connectivity index (χ0) is 15.8. The van der Waals surface area contributed by atoms with Crippen LogP contribution in [0.4, 0.5) is 0 Å². The molecule has 2 aliphatic rings. The molecule has 2 aromatic rings. The first-order valence-corrected chi connectivity index (χ1v) is 8.69. The third-order valence-corrected chi connectivity index (χ3v) is 5.20. The SMILES string of the molecule is CC1CCN(C(=O)c2nn(-c3ccccc3)c3c2CCC3)CC1. The van der Waals surface area contributed by atoms with Crippen LogP contribution in [0.3, 0.4) is 0 Å². The number of aromatic nitrogens is 2. The van der Waals surface area contributed by atoms with Crippen LogP contribution in [-0.2, 0) is 12.8 Å². The molecule has 4 rings (SSSR count). The second-order valence-electron chi connectivity index (χ2n) is 6.85. The van der Waals surface area contributed by atoms with Crippen LogP contribution in [0.5, 0.6) is 0 Å². The number of likely N-dealkylation sites (tertiary alicyclic amines) is 1. The van der Waals surface area contributed by atoms with Gasteiger partial charge in [0.1, 0.15) is 0 Å². The van der Waals surface area contributed by atoms with Crippen molar-refractivity contribution in [1.82, 2.24) is 14.7 Å². The molecule has 0 bridgehead atoms. The van der Waals surface area contributed by atoms with E-state index < -0.39 is 0 Å². The number of carbonyl (C=O) groups is 1. The Balaban J connectivity index is 1.68. The minimum atomic E-state index is 0.129. The van der Waals surface area contributed by atoms with Crippen LogP contribution < -0.4 is 0 Å². The van der Waals surface area contributed by atoms with Crippen molar-refractivity contribution in [2.75, 3.05) is 13.1 Å². The summed E-state index contributed by atoms with van der Waals surface area (Å²) in [6.07, 6.45) is 5.33. The van der Waals surface area contributed by atoms with Gasteiger partial charge in [-0.2, -0.15) is 5.10 Å². The summed E-state index contributed by atoms with van der Waals surface area (Å²) in [6.45, 7) is 4.00. The normalized spacial score (nSPS) is 18.2. The van der Waals surface area contributed by atoms with Gasteiger partial charge in [-0.15, -0.1) is 0 Å². The average Bonchev–Trinajstić information content (AvgIpc) is 3.18. The minimum absolute atomic E-state index is 0.129. The molecule has 0 saturated carbocycles. The Morgan fingerprint density at radius 2 is 1.87 bits per heavy atom. The lowest BCUT2D eigenvalue weighted by molar-refractivity contribution is 0.0689. The van der Waals surface area contributed by atoms with Crippen molar-refractivity contribution < 1.29 is 4.79 Å². The molecular weight excluding hydrogens is 286 g/mol. The van der Waals surface area contributed by atoms with Crippen LogP contribution >= 0.6 is 0 Å². The molecular formula is C19H23N3O. The van der Waals surface area contributed by atoms with E-state index in [2.05, 4.69) is 19.1 Å². The van der Waals surface area contributed by atoms with E-state index in [9.17, 15) is 4.79 Å². The summed E-state index contributed by atoms with van der Waals surface area (Å²) < 4.78 is 1.99. The highest BCUT2D eigenvalue weighted by Gasteiger charge is 2.30. The van der Waals surface area contributed by atoms with E-state index in [4.69, 9.17) is 5.10 Å². The number of piperidine rings is 1. The summed E-state index contributed by atoms with van der Waals surface area (Å²) in [5.41, 5.74) is 4.15. The van der Waals surface area contributed by atoms with Gasteiger partial charge in [0.05, 0.1) is 5.69 Å². The number of fused-ring (bicyclic) bond motifs is 1. The standard InChI is InChI=1S/C19H23N3O/c1-14-10-12-21(13-11-14)19(23)18-16-8-5-9-17(16)22(20-18)15-6-3-2-4-7-15/h2-4,6-7,14H,5,8-13H2,1H3. The van der Waals surface area contributed by atoms with Gasteiger partial charge in [-0.1, -0.05) is 25.1 Å². The largest absolute Gasteiger partial charge is 0.337 e. The highest BCUT2D eigenvalue weighted by atomic mass is 16.2. The molecule has 0 atom stereocenters. The topological polar surface area (TPSA) is 38.1 Å². The Kier molecular flexibility index (Phi) is 3.68. The molecule has 4 heteroatoms. The van der Waals surface area contributed by atoms with Gasteiger partial charge in [0, 0.05) is 24.3 Å². The summed E-state index contributed by atoms with van der Waals surface area (Å²) in [6, 6.07) is 10.2. The lowest BCUT2D eigenvalue weighted by atomic mass is 9.99. The fourth-order valence-electron chi connectivity index (χ4n) is 3.75. The van der Waals surface area contributed by atoms with Crippen molar-refractivity contribution in [2.24, 2.45) is 5.92 Å². The molecule has 1 aliphatic heterocycles. The van der Waals surface area contributed by atoms with Crippen LogP contribution in [-0.4, -0.2) is 33.7 Å². The van der Waals surface area contributed by atoms with Crippen LogP contribution in [0.2, 0.25) is 0 Å². The summed E-state index contributed by atoms with van der Waals surface area (Å²) >= 11 is 0. The van der Waals surface area contributed by atoms with Crippen molar-refractivity contribution in [3.8, 4) is 5.69 Å². The number of benzene rings is 1. The maximum atomic E-state index is 13.0. The molecule has 1 saturated heterocycles. The third-order valence-electron chi connectivity index (χ3n) is 5.20. The summed E-state index contributed by atoms with van der Waals surface area (Å²) in [5.74, 6) is 0.858. The molecule has 120 valence electrons. The average molecular weight is 309 g/mol. The summed E-state index contributed by atoms with van der Waals surface area (Å²) in [4.78, 5) is 15.0. The number of carbonyl (C=O) groups excluding carboxylic acids is 1. The molecule has 2 heterocycles. The van der Waals surface area contributed by atoms with E-state index in [-0.39, 0.29) is 5.91 Å². The van der Waals surface area contributed by atoms with E-state index in [0.29, 0.717) is 5.69 Å². The Morgan fingerprint density at radius 1 is 1.13 bits per heavy atom. The zero-order valence-corrected chi connectivity index (χ0v) is 13.7. The van der Waals surface area contributed by atoms with E-state index >= 15 is 0 Å². The van der Waals surface area contributed by atoms with Gasteiger partial charge in [0.15, 0.2) is 5.69 Å². The lowest BCUT2D eigenvalue weighted by Crippen LogP contribution is -2.38. The fourth-order valence-corrected chi connectivity index (χ4v) is 3.75. The number of hydrogen-bond acceptors (Lipinski definition) is 2. The van der Waals surface area contributed by atoms with Crippen molar-refractivity contribution in [3.05, 3.63) is 47.3 Å². The molecule has 0 N–H and O–H groups in total. The Bertz CT molecular complexity index is 712. The maximum Gasteiger partial charge on any atom is 0.274 e. The molecule has 0 spiro atoms. The smallest absolute Gasteiger partial charge is 0.274 e. The molecule has 0 radical (unpaired) electrons. The van der Waals surface area contributed by atoms with Crippen molar-refractivity contribution in [2.45, 2.75) is 39.0 Å². The second-order valence-corrected chi connectivity index (χ2v) is 6.85. The Morgan fingerprint density at radius 3 is 2.61 bits per heavy atom. The van der Waals surface area contributed by atoms with Crippen molar-refractivity contribution in [1.29, 1.82) is 0 Å². The van der Waals surface area contributed by atoms with Crippen LogP contribution in [0.25, 0.3) is 5.69 Å². The molecule has 1 fully saturated rings. The molecule has 1 aromatic heterocycles. The van der Waals surface area contributed by atoms with Crippen LogP contribution in [0.1, 0.15) is 47.9 Å². The summed E-state index contributed by atoms with van der Waals surface area (Å²) in [5, 5.41) is 4.72. The molecule has 1 aromatic carbocycles. The number of amides is 1. The number of para-hydroxylation sites is 1. The highest BCUT2D eigenvalue weighted by molar-refractivity contribution is 5.94. The van der Waals surface area contributed by atoms with Gasteiger partial charge in [-0.25, -0.2) is 4.68 Å². The first kappa shape index (κ1) is 14.5. The van der Waals surface area contributed by atoms with Crippen molar-refractivity contribution >= 4 is 5.91 Å². The first-order valence-electron chi connectivity index (χ1n) is 8.69. The highest BCUT2D eigenvalue weighted by Crippen LogP contribution is 2.29. The quantitative estimate of drug-likeness (QED) is 0.854. The van der Waals surface area contributed by atoms with Gasteiger partial charge >= 0.3 is 0 Å². The van der Waals surface area contributed by atoms with E-state index in [0.717, 1.165) is 56.8 Å². The maximum absolute atomic E-state index is 13.0. The van der Waals surface area contributed by atoms with E-state index in [1.165, 1.54) is 11.3 Å².